The fraction of sp³-hybridized carbons (Fsp3) is 0.571. The zero-order chi connectivity index (χ0) is 13.3. The van der Waals surface area contributed by atoms with E-state index in [1.807, 2.05) is 12.1 Å². The number of hydrogen-bond donors (Lipinski definition) is 0. The number of rotatable bonds is 4. The second-order valence-corrected chi connectivity index (χ2v) is 6.84. The Balaban J connectivity index is 1.69. The van der Waals surface area contributed by atoms with E-state index in [-0.39, 0.29) is 11.9 Å². The monoisotopic (exact) mass is 282 g/mol. The molecule has 0 radical (unpaired) electrons. The van der Waals surface area contributed by atoms with Crippen LogP contribution in [0.5, 0.6) is 5.75 Å². The second-order valence-electron chi connectivity index (χ2n) is 5.23. The smallest absolute Gasteiger partial charge is 0.311 e. The molecule has 1 heterocycles. The Hall–Kier alpha value is -1.07. The molecule has 1 aromatic rings. The lowest BCUT2D eigenvalue weighted by Crippen LogP contribution is -2.24. The lowest BCUT2D eigenvalue weighted by Gasteiger charge is -2.12. The number of benzene rings is 1. The van der Waals surface area contributed by atoms with Gasteiger partial charge in [0, 0.05) is 6.61 Å². The first-order valence-electron chi connectivity index (χ1n) is 6.78. The van der Waals surface area contributed by atoms with E-state index in [0.29, 0.717) is 12.4 Å². The van der Waals surface area contributed by atoms with Crippen molar-refractivity contribution >= 4 is 10.1 Å². The highest BCUT2D eigenvalue weighted by Gasteiger charge is 2.25. The van der Waals surface area contributed by atoms with Crippen molar-refractivity contribution in [2.45, 2.75) is 38.2 Å². The van der Waals surface area contributed by atoms with Crippen molar-refractivity contribution in [1.29, 1.82) is 0 Å². The van der Waals surface area contributed by atoms with Gasteiger partial charge in [0.1, 0.15) is 11.5 Å². The van der Waals surface area contributed by atoms with Crippen molar-refractivity contribution in [2.75, 3.05) is 12.4 Å². The van der Waals surface area contributed by atoms with Crippen molar-refractivity contribution in [3.05, 3.63) is 29.3 Å². The fourth-order valence-corrected chi connectivity index (χ4v) is 3.97. The predicted octanol–water partition coefficient (Wildman–Crippen LogP) is 2.06. The van der Waals surface area contributed by atoms with E-state index < -0.39 is 10.1 Å². The summed E-state index contributed by atoms with van der Waals surface area (Å²) in [6.45, 7) is 0.652. The molecule has 1 saturated heterocycles. The normalized spacial score (nSPS) is 22.4. The van der Waals surface area contributed by atoms with E-state index in [0.717, 1.165) is 32.1 Å². The van der Waals surface area contributed by atoms with Crippen molar-refractivity contribution in [3.8, 4) is 5.75 Å². The van der Waals surface area contributed by atoms with Gasteiger partial charge in [-0.25, -0.2) is 0 Å². The maximum atomic E-state index is 12.0. The summed E-state index contributed by atoms with van der Waals surface area (Å²) in [4.78, 5) is 0. The van der Waals surface area contributed by atoms with Gasteiger partial charge in [0.25, 0.3) is 0 Å². The van der Waals surface area contributed by atoms with Gasteiger partial charge in [-0.05, 0) is 55.4 Å². The minimum absolute atomic E-state index is 0.0515. The van der Waals surface area contributed by atoms with Crippen LogP contribution >= 0.6 is 0 Å². The Morgan fingerprint density at radius 2 is 2.05 bits per heavy atom. The fourth-order valence-electron chi connectivity index (χ4n) is 2.78. The molecule has 1 aliphatic carbocycles. The van der Waals surface area contributed by atoms with Crippen LogP contribution in [0.15, 0.2) is 18.2 Å². The van der Waals surface area contributed by atoms with Gasteiger partial charge in [-0.2, -0.15) is 8.42 Å². The quantitative estimate of drug-likeness (QED) is 0.793. The minimum Gasteiger partial charge on any atom is -0.382 e. The Bertz CT molecular complexity index is 559. The zero-order valence-corrected chi connectivity index (χ0v) is 11.6. The lowest BCUT2D eigenvalue weighted by atomic mass is 10.1. The molecule has 0 bridgehead atoms. The van der Waals surface area contributed by atoms with Crippen LogP contribution in [0.2, 0.25) is 0 Å². The molecular weight excluding hydrogens is 264 g/mol. The van der Waals surface area contributed by atoms with Crippen molar-refractivity contribution in [1.82, 2.24) is 0 Å². The molecule has 0 N–H and O–H groups in total. The summed E-state index contributed by atoms with van der Waals surface area (Å²) in [7, 11) is -3.56. The van der Waals surface area contributed by atoms with E-state index in [4.69, 9.17) is 8.92 Å². The van der Waals surface area contributed by atoms with Gasteiger partial charge >= 0.3 is 10.1 Å². The third-order valence-corrected chi connectivity index (χ3v) is 4.93. The molecule has 0 spiro atoms. The van der Waals surface area contributed by atoms with Crippen LogP contribution < -0.4 is 4.18 Å². The van der Waals surface area contributed by atoms with E-state index >= 15 is 0 Å². The summed E-state index contributed by atoms with van der Waals surface area (Å²) < 4.78 is 34.4. The molecule has 0 amide bonds. The average Bonchev–Trinajstić information content (AvgIpc) is 2.97. The second kappa shape index (κ2) is 5.13. The maximum absolute atomic E-state index is 12.0. The van der Waals surface area contributed by atoms with Crippen molar-refractivity contribution in [2.24, 2.45) is 0 Å². The van der Waals surface area contributed by atoms with Gasteiger partial charge in [0.2, 0.25) is 0 Å². The first kappa shape index (κ1) is 12.9. The van der Waals surface area contributed by atoms with Crippen LogP contribution in [-0.2, 0) is 27.7 Å². The molecule has 0 aromatic heterocycles. The summed E-state index contributed by atoms with van der Waals surface area (Å²) in [5.41, 5.74) is 2.52. The zero-order valence-electron chi connectivity index (χ0n) is 10.8. The standard InChI is InChI=1S/C14H18O4S/c15-19(16,10-14-5-2-8-17-14)18-13-7-6-11-3-1-4-12(11)9-13/h6-7,9,14H,1-5,8,10H2/t14-/m1/s1. The Kier molecular flexibility index (Phi) is 3.50. The van der Waals surface area contributed by atoms with Gasteiger partial charge in [-0.1, -0.05) is 6.07 Å². The van der Waals surface area contributed by atoms with Crippen LogP contribution in [0.3, 0.4) is 0 Å². The maximum Gasteiger partial charge on any atom is 0.311 e. The van der Waals surface area contributed by atoms with Gasteiger partial charge in [0.15, 0.2) is 0 Å². The molecule has 1 atom stereocenters. The van der Waals surface area contributed by atoms with E-state index in [1.54, 1.807) is 6.07 Å². The molecule has 3 rings (SSSR count). The molecule has 1 aliphatic heterocycles. The Morgan fingerprint density at radius 3 is 2.84 bits per heavy atom. The molecular formula is C14H18O4S. The molecule has 1 aromatic carbocycles. The summed E-state index contributed by atoms with van der Waals surface area (Å²) in [6, 6.07) is 5.58. The molecule has 4 nitrogen and oxygen atoms in total. The van der Waals surface area contributed by atoms with Gasteiger partial charge < -0.3 is 8.92 Å². The van der Waals surface area contributed by atoms with Gasteiger partial charge in [-0.3, -0.25) is 0 Å². The third kappa shape index (κ3) is 3.09. The van der Waals surface area contributed by atoms with Crippen LogP contribution in [0, 0.1) is 0 Å². The number of fused-ring (bicyclic) bond motifs is 1. The van der Waals surface area contributed by atoms with E-state index in [2.05, 4.69) is 0 Å². The van der Waals surface area contributed by atoms with Gasteiger partial charge in [0.05, 0.1) is 6.10 Å². The van der Waals surface area contributed by atoms with E-state index in [9.17, 15) is 8.42 Å². The minimum atomic E-state index is -3.56. The summed E-state index contributed by atoms with van der Waals surface area (Å²) in [5, 5.41) is 0. The topological polar surface area (TPSA) is 52.6 Å². The van der Waals surface area contributed by atoms with Crippen LogP contribution in [0.1, 0.15) is 30.4 Å². The molecule has 1 fully saturated rings. The number of ether oxygens (including phenoxy) is 1. The molecule has 0 saturated carbocycles. The Labute approximate surface area is 113 Å². The molecule has 5 heteroatoms. The average molecular weight is 282 g/mol. The number of hydrogen-bond acceptors (Lipinski definition) is 4. The Morgan fingerprint density at radius 1 is 1.21 bits per heavy atom. The summed E-state index contributed by atoms with van der Waals surface area (Å²) in [6.07, 6.45) is 4.75. The van der Waals surface area contributed by atoms with E-state index in [1.165, 1.54) is 11.1 Å². The van der Waals surface area contributed by atoms with Crippen molar-refractivity contribution in [3.63, 3.8) is 0 Å². The molecule has 2 aliphatic rings. The highest BCUT2D eigenvalue weighted by molar-refractivity contribution is 7.87. The molecule has 0 unspecified atom stereocenters. The largest absolute Gasteiger partial charge is 0.382 e. The summed E-state index contributed by atoms with van der Waals surface area (Å²) in [5.74, 6) is 0.378. The first-order chi connectivity index (χ1) is 9.12. The molecule has 104 valence electrons. The highest BCUT2D eigenvalue weighted by atomic mass is 32.2. The van der Waals surface area contributed by atoms with Crippen molar-refractivity contribution < 1.29 is 17.3 Å². The lowest BCUT2D eigenvalue weighted by molar-refractivity contribution is 0.126. The SMILES string of the molecule is O=S(=O)(C[C@H]1CCCO1)Oc1ccc2c(c1)CCC2. The third-order valence-electron chi connectivity index (χ3n) is 3.71. The predicted molar refractivity (Wildman–Crippen MR) is 71.9 cm³/mol. The van der Waals surface area contributed by atoms with Crippen LogP contribution in [-0.4, -0.2) is 26.9 Å². The highest BCUT2D eigenvalue weighted by Crippen LogP contribution is 2.27. The molecule has 19 heavy (non-hydrogen) atoms. The van der Waals surface area contributed by atoms with Gasteiger partial charge in [-0.15, -0.1) is 0 Å². The number of aryl methyl sites for hydroxylation is 2. The van der Waals surface area contributed by atoms with Crippen LogP contribution in [0.25, 0.3) is 0 Å². The van der Waals surface area contributed by atoms with Crippen LogP contribution in [0.4, 0.5) is 0 Å². The first-order valence-corrected chi connectivity index (χ1v) is 8.36. The summed E-state index contributed by atoms with van der Waals surface area (Å²) >= 11 is 0.